The van der Waals surface area contributed by atoms with E-state index in [9.17, 15) is 14.7 Å². The minimum absolute atomic E-state index is 0.0444. The van der Waals surface area contributed by atoms with E-state index in [1.807, 2.05) is 20.8 Å². The zero-order valence-corrected chi connectivity index (χ0v) is 14.6. The molecule has 2 rings (SSSR count). The van der Waals surface area contributed by atoms with E-state index < -0.39 is 17.1 Å². The fourth-order valence-electron chi connectivity index (χ4n) is 3.54. The summed E-state index contributed by atoms with van der Waals surface area (Å²) >= 11 is 0. The second-order valence-corrected chi connectivity index (χ2v) is 8.02. The summed E-state index contributed by atoms with van der Waals surface area (Å²) < 4.78 is 5.36. The summed E-state index contributed by atoms with van der Waals surface area (Å²) in [5.74, 6) is -0.824. The van der Waals surface area contributed by atoms with Gasteiger partial charge in [-0.05, 0) is 33.6 Å². The van der Waals surface area contributed by atoms with Crippen LogP contribution in [0.1, 0.15) is 65.7 Å². The average Bonchev–Trinajstić information content (AvgIpc) is 2.60. The number of carboxylic acid groups (broad SMARTS) is 1. The summed E-state index contributed by atoms with van der Waals surface area (Å²) in [5.41, 5.74) is -1.03. The van der Waals surface area contributed by atoms with Crippen molar-refractivity contribution in [3.63, 3.8) is 0 Å². The van der Waals surface area contributed by atoms with Crippen LogP contribution in [-0.2, 0) is 9.53 Å². The minimum atomic E-state index is -0.824. The molecule has 1 saturated carbocycles. The number of likely N-dealkylation sites (tertiary alicyclic amines) is 1. The lowest BCUT2D eigenvalue weighted by atomic mass is 9.85. The third-order valence-electron chi connectivity index (χ3n) is 4.49. The zero-order chi connectivity index (χ0) is 17.1. The summed E-state index contributed by atoms with van der Waals surface area (Å²) in [4.78, 5) is 24.9. The first kappa shape index (κ1) is 18.0. The van der Waals surface area contributed by atoms with Crippen molar-refractivity contribution in [1.29, 1.82) is 0 Å². The van der Waals surface area contributed by atoms with Gasteiger partial charge in [0.1, 0.15) is 5.60 Å². The molecule has 6 nitrogen and oxygen atoms in total. The molecule has 2 fully saturated rings. The standard InChI is InChI=1S/C17H30N2O4/c1-16(2,3)23-15(22)19-11-17(12-19,10-14(20)21)18-13-8-6-4-5-7-9-13/h13,18H,4-12H2,1-3H3,(H,20,21). The van der Waals surface area contributed by atoms with Crippen molar-refractivity contribution in [1.82, 2.24) is 10.2 Å². The third kappa shape index (κ3) is 5.37. The Bertz CT molecular complexity index is 430. The Morgan fingerprint density at radius 1 is 1.17 bits per heavy atom. The highest BCUT2D eigenvalue weighted by molar-refractivity contribution is 5.73. The smallest absolute Gasteiger partial charge is 0.410 e. The van der Waals surface area contributed by atoms with Crippen molar-refractivity contribution in [2.24, 2.45) is 0 Å². The molecule has 1 amide bonds. The van der Waals surface area contributed by atoms with E-state index in [1.54, 1.807) is 4.90 Å². The third-order valence-corrected chi connectivity index (χ3v) is 4.49. The van der Waals surface area contributed by atoms with Gasteiger partial charge < -0.3 is 20.1 Å². The average molecular weight is 326 g/mol. The van der Waals surface area contributed by atoms with Crippen molar-refractivity contribution < 1.29 is 19.4 Å². The van der Waals surface area contributed by atoms with Crippen LogP contribution in [0.25, 0.3) is 0 Å². The Morgan fingerprint density at radius 2 is 1.74 bits per heavy atom. The van der Waals surface area contributed by atoms with Crippen LogP contribution in [0.5, 0.6) is 0 Å². The predicted molar refractivity (Wildman–Crippen MR) is 87.4 cm³/mol. The highest BCUT2D eigenvalue weighted by atomic mass is 16.6. The molecule has 0 bridgehead atoms. The van der Waals surface area contributed by atoms with Crippen molar-refractivity contribution in [2.45, 2.75) is 82.9 Å². The number of nitrogens with one attached hydrogen (secondary N) is 1. The van der Waals surface area contributed by atoms with E-state index in [2.05, 4.69) is 5.32 Å². The first-order chi connectivity index (χ1) is 10.7. The molecule has 1 saturated heterocycles. The van der Waals surface area contributed by atoms with Crippen LogP contribution in [0.2, 0.25) is 0 Å². The number of hydrogen-bond acceptors (Lipinski definition) is 4. The fourth-order valence-corrected chi connectivity index (χ4v) is 3.54. The molecule has 0 spiro atoms. The predicted octanol–water partition coefficient (Wildman–Crippen LogP) is 2.76. The Kier molecular flexibility index (Phi) is 5.55. The minimum Gasteiger partial charge on any atom is -0.481 e. The van der Waals surface area contributed by atoms with Gasteiger partial charge in [0.25, 0.3) is 0 Å². The number of carbonyl (C=O) groups is 2. The molecule has 0 aromatic rings. The second kappa shape index (κ2) is 7.07. The van der Waals surface area contributed by atoms with E-state index in [-0.39, 0.29) is 12.5 Å². The van der Waals surface area contributed by atoms with Crippen LogP contribution in [0, 0.1) is 0 Å². The molecule has 0 unspecified atom stereocenters. The molecule has 1 aliphatic heterocycles. The van der Waals surface area contributed by atoms with Gasteiger partial charge >= 0.3 is 12.1 Å². The largest absolute Gasteiger partial charge is 0.481 e. The number of hydrogen-bond donors (Lipinski definition) is 2. The van der Waals surface area contributed by atoms with Crippen LogP contribution in [0.4, 0.5) is 4.79 Å². The van der Waals surface area contributed by atoms with E-state index >= 15 is 0 Å². The van der Waals surface area contributed by atoms with Gasteiger partial charge in [-0.2, -0.15) is 0 Å². The Labute approximate surface area is 138 Å². The molecular formula is C17H30N2O4. The van der Waals surface area contributed by atoms with Gasteiger partial charge in [-0.15, -0.1) is 0 Å². The van der Waals surface area contributed by atoms with Crippen molar-refractivity contribution in [2.75, 3.05) is 13.1 Å². The fraction of sp³-hybridized carbons (Fsp3) is 0.882. The zero-order valence-electron chi connectivity index (χ0n) is 14.6. The van der Waals surface area contributed by atoms with Gasteiger partial charge in [-0.25, -0.2) is 4.79 Å². The van der Waals surface area contributed by atoms with E-state index in [0.29, 0.717) is 19.1 Å². The van der Waals surface area contributed by atoms with Gasteiger partial charge in [0.15, 0.2) is 0 Å². The van der Waals surface area contributed by atoms with Gasteiger partial charge in [0.2, 0.25) is 0 Å². The summed E-state index contributed by atoms with van der Waals surface area (Å²) in [6.45, 7) is 6.31. The highest BCUT2D eigenvalue weighted by Crippen LogP contribution is 2.29. The monoisotopic (exact) mass is 326 g/mol. The first-order valence-electron chi connectivity index (χ1n) is 8.67. The van der Waals surface area contributed by atoms with Gasteiger partial charge in [0.05, 0.1) is 12.0 Å². The molecule has 2 aliphatic rings. The summed E-state index contributed by atoms with van der Waals surface area (Å²) in [6, 6.07) is 0.359. The van der Waals surface area contributed by atoms with E-state index in [1.165, 1.54) is 25.7 Å². The lowest BCUT2D eigenvalue weighted by Crippen LogP contribution is -2.72. The molecule has 2 N–H and O–H groups in total. The molecule has 23 heavy (non-hydrogen) atoms. The molecular weight excluding hydrogens is 296 g/mol. The number of nitrogens with zero attached hydrogens (tertiary/aromatic N) is 1. The molecule has 1 heterocycles. The van der Waals surface area contributed by atoms with Crippen LogP contribution >= 0.6 is 0 Å². The molecule has 0 atom stereocenters. The van der Waals surface area contributed by atoms with E-state index in [4.69, 9.17) is 4.74 Å². The molecule has 6 heteroatoms. The van der Waals surface area contributed by atoms with Gasteiger partial charge in [-0.3, -0.25) is 4.79 Å². The number of carbonyl (C=O) groups excluding carboxylic acids is 1. The maximum Gasteiger partial charge on any atom is 0.410 e. The number of aliphatic carboxylic acids is 1. The lowest BCUT2D eigenvalue weighted by molar-refractivity contribution is -0.141. The van der Waals surface area contributed by atoms with Crippen molar-refractivity contribution in [3.8, 4) is 0 Å². The first-order valence-corrected chi connectivity index (χ1v) is 8.67. The van der Waals surface area contributed by atoms with Crippen LogP contribution in [0.15, 0.2) is 0 Å². The lowest BCUT2D eigenvalue weighted by Gasteiger charge is -2.51. The van der Waals surface area contributed by atoms with Crippen molar-refractivity contribution >= 4 is 12.1 Å². The topological polar surface area (TPSA) is 78.9 Å². The molecule has 1 aliphatic carbocycles. The van der Waals surface area contributed by atoms with Crippen LogP contribution in [0.3, 0.4) is 0 Å². The molecule has 132 valence electrons. The maximum atomic E-state index is 12.1. The van der Waals surface area contributed by atoms with E-state index in [0.717, 1.165) is 12.8 Å². The Balaban J connectivity index is 1.94. The summed E-state index contributed by atoms with van der Waals surface area (Å²) in [5, 5.41) is 12.8. The quantitative estimate of drug-likeness (QED) is 0.777. The van der Waals surface area contributed by atoms with Crippen LogP contribution < -0.4 is 5.32 Å². The second-order valence-electron chi connectivity index (χ2n) is 8.02. The SMILES string of the molecule is CC(C)(C)OC(=O)N1CC(CC(=O)O)(NC2CCCCCC2)C1. The van der Waals surface area contributed by atoms with Gasteiger partial charge in [0, 0.05) is 19.1 Å². The van der Waals surface area contributed by atoms with Crippen molar-refractivity contribution in [3.05, 3.63) is 0 Å². The summed E-state index contributed by atoms with van der Waals surface area (Å²) in [6.07, 6.45) is 6.76. The highest BCUT2D eigenvalue weighted by Gasteiger charge is 2.48. The number of amides is 1. The number of carboxylic acids is 1. The number of rotatable bonds is 4. The normalized spacial score (nSPS) is 22.1. The Hall–Kier alpha value is -1.30. The summed E-state index contributed by atoms with van der Waals surface area (Å²) in [7, 11) is 0. The van der Waals surface area contributed by atoms with Gasteiger partial charge in [-0.1, -0.05) is 25.7 Å². The Morgan fingerprint density at radius 3 is 2.22 bits per heavy atom. The van der Waals surface area contributed by atoms with Crippen LogP contribution in [-0.4, -0.2) is 52.3 Å². The number of ether oxygens (including phenoxy) is 1. The molecule has 0 aromatic carbocycles. The molecule has 0 radical (unpaired) electrons. The maximum absolute atomic E-state index is 12.1. The molecule has 0 aromatic heterocycles.